The van der Waals surface area contributed by atoms with Crippen LogP contribution in [0.1, 0.15) is 30.0 Å². The Balaban J connectivity index is 1.29. The summed E-state index contributed by atoms with van der Waals surface area (Å²) < 4.78 is 17.1. The minimum absolute atomic E-state index is 0.0410. The number of ether oxygens (including phenoxy) is 3. The number of amides is 4. The first-order valence-electron chi connectivity index (χ1n) is 13.3. The Hall–Kier alpha value is -5.11. The monoisotopic (exact) mass is 550 g/mol. The van der Waals surface area contributed by atoms with Gasteiger partial charge in [0.25, 0.3) is 11.8 Å². The highest BCUT2D eigenvalue weighted by Gasteiger charge is 2.35. The van der Waals surface area contributed by atoms with Crippen molar-refractivity contribution in [2.75, 3.05) is 13.7 Å². The van der Waals surface area contributed by atoms with Gasteiger partial charge >= 0.3 is 6.03 Å². The van der Waals surface area contributed by atoms with E-state index in [4.69, 9.17) is 14.2 Å². The predicted molar refractivity (Wildman–Crippen MR) is 156 cm³/mol. The van der Waals surface area contributed by atoms with Crippen LogP contribution in [0, 0.1) is 0 Å². The summed E-state index contributed by atoms with van der Waals surface area (Å²) >= 11 is 0. The van der Waals surface area contributed by atoms with Crippen molar-refractivity contribution in [3.63, 3.8) is 0 Å². The van der Waals surface area contributed by atoms with Gasteiger partial charge in [-0.1, -0.05) is 67.6 Å². The summed E-state index contributed by atoms with van der Waals surface area (Å²) in [7, 11) is 1.52. The van der Waals surface area contributed by atoms with Crippen molar-refractivity contribution in [2.45, 2.75) is 26.5 Å². The third kappa shape index (κ3) is 6.22. The average Bonchev–Trinajstić information content (AvgIpc) is 3.00. The lowest BCUT2D eigenvalue weighted by atomic mass is 10.1. The molecule has 1 N–H and O–H groups in total. The fourth-order valence-electron chi connectivity index (χ4n) is 4.57. The molecule has 1 aliphatic heterocycles. The summed E-state index contributed by atoms with van der Waals surface area (Å²) in [6.45, 7) is 2.90. The fourth-order valence-corrected chi connectivity index (χ4v) is 4.57. The summed E-state index contributed by atoms with van der Waals surface area (Å²) in [5.41, 5.74) is 2.21. The molecule has 0 unspecified atom stereocenters. The average molecular weight is 551 g/mol. The number of imide groups is 2. The summed E-state index contributed by atoms with van der Waals surface area (Å²) in [6.07, 6.45) is 2.31. The van der Waals surface area contributed by atoms with Crippen LogP contribution in [0.3, 0.4) is 0 Å². The number of benzene rings is 4. The molecule has 0 aromatic heterocycles. The molecule has 8 nitrogen and oxygen atoms in total. The molecular formula is C33H30N2O6. The maximum atomic E-state index is 13.2. The van der Waals surface area contributed by atoms with Gasteiger partial charge in [-0.3, -0.25) is 19.8 Å². The van der Waals surface area contributed by atoms with Gasteiger partial charge in [-0.2, -0.15) is 0 Å². The highest BCUT2D eigenvalue weighted by molar-refractivity contribution is 6.30. The van der Waals surface area contributed by atoms with E-state index in [1.165, 1.54) is 13.2 Å². The Morgan fingerprint density at radius 2 is 1.63 bits per heavy atom. The van der Waals surface area contributed by atoms with Gasteiger partial charge in [0.1, 0.15) is 17.9 Å². The second-order valence-corrected chi connectivity index (χ2v) is 9.54. The van der Waals surface area contributed by atoms with Crippen LogP contribution in [0.25, 0.3) is 16.8 Å². The number of methoxy groups -OCH3 is 1. The lowest BCUT2D eigenvalue weighted by molar-refractivity contribution is -0.130. The van der Waals surface area contributed by atoms with E-state index in [2.05, 4.69) is 23.5 Å². The zero-order valence-corrected chi connectivity index (χ0v) is 22.9. The second-order valence-electron chi connectivity index (χ2n) is 9.54. The third-order valence-corrected chi connectivity index (χ3v) is 6.68. The van der Waals surface area contributed by atoms with Gasteiger partial charge in [0, 0.05) is 0 Å². The molecule has 0 radical (unpaired) electrons. The van der Waals surface area contributed by atoms with Crippen LogP contribution in [-0.2, 0) is 22.7 Å². The molecule has 0 spiro atoms. The molecule has 0 atom stereocenters. The van der Waals surface area contributed by atoms with Crippen molar-refractivity contribution in [2.24, 2.45) is 0 Å². The molecule has 0 saturated carbocycles. The molecule has 208 valence electrons. The van der Waals surface area contributed by atoms with Gasteiger partial charge in [0.2, 0.25) is 0 Å². The number of barbiturate groups is 1. The van der Waals surface area contributed by atoms with E-state index in [0.717, 1.165) is 27.7 Å². The van der Waals surface area contributed by atoms with Crippen molar-refractivity contribution >= 4 is 34.7 Å². The Bertz CT molecular complexity index is 1620. The largest absolute Gasteiger partial charge is 0.493 e. The minimum Gasteiger partial charge on any atom is -0.493 e. The molecule has 4 aromatic rings. The molecule has 0 aliphatic carbocycles. The summed E-state index contributed by atoms with van der Waals surface area (Å²) in [4.78, 5) is 39.4. The van der Waals surface area contributed by atoms with Crippen molar-refractivity contribution in [3.05, 3.63) is 107 Å². The SMILES string of the molecule is CCCOc1ccc(CN2C(=O)NC(=O)/C(=C\c3ccc(OCc4cccc5ccccc45)cc3)C2=O)cc1OC. The zero-order valence-electron chi connectivity index (χ0n) is 22.9. The van der Waals surface area contributed by atoms with Crippen LogP contribution in [0.4, 0.5) is 4.79 Å². The van der Waals surface area contributed by atoms with Crippen molar-refractivity contribution < 1.29 is 28.6 Å². The lowest BCUT2D eigenvalue weighted by Crippen LogP contribution is -2.53. The van der Waals surface area contributed by atoms with Gasteiger partial charge in [-0.05, 0) is 64.2 Å². The van der Waals surface area contributed by atoms with Gasteiger partial charge in [0.05, 0.1) is 20.3 Å². The van der Waals surface area contributed by atoms with E-state index in [-0.39, 0.29) is 12.1 Å². The highest BCUT2D eigenvalue weighted by atomic mass is 16.5. The summed E-state index contributed by atoms with van der Waals surface area (Å²) in [5, 5.41) is 4.55. The summed E-state index contributed by atoms with van der Waals surface area (Å²) in [6, 6.07) is 25.7. The number of rotatable bonds is 10. The first kappa shape index (κ1) is 27.5. The van der Waals surface area contributed by atoms with E-state index < -0.39 is 17.8 Å². The standard InChI is InChI=1S/C33H30N2O6/c1-3-17-40-29-16-13-23(19-30(29)39-2)20-35-32(37)28(31(36)34-33(35)38)18-22-11-14-26(15-12-22)41-21-25-9-6-8-24-7-4-5-10-27(24)25/h4-16,18-19H,3,17,20-21H2,1-2H3,(H,34,36,38)/b28-18+. The third-order valence-electron chi connectivity index (χ3n) is 6.68. The topological polar surface area (TPSA) is 94.2 Å². The Morgan fingerprint density at radius 3 is 2.41 bits per heavy atom. The number of nitrogens with zero attached hydrogens (tertiary/aromatic N) is 1. The van der Waals surface area contributed by atoms with Gasteiger partial charge in [0.15, 0.2) is 11.5 Å². The maximum Gasteiger partial charge on any atom is 0.331 e. The molecule has 8 heteroatoms. The molecule has 4 amide bonds. The maximum absolute atomic E-state index is 13.2. The number of carbonyl (C=O) groups is 3. The Kier molecular flexibility index (Phi) is 8.29. The first-order valence-corrected chi connectivity index (χ1v) is 13.3. The van der Waals surface area contributed by atoms with Crippen molar-refractivity contribution in [3.8, 4) is 17.2 Å². The first-order chi connectivity index (χ1) is 20.0. The zero-order chi connectivity index (χ0) is 28.8. The van der Waals surface area contributed by atoms with E-state index in [1.807, 2.05) is 31.2 Å². The van der Waals surface area contributed by atoms with E-state index >= 15 is 0 Å². The fraction of sp³-hybridized carbons (Fsp3) is 0.182. The van der Waals surface area contributed by atoms with E-state index in [1.54, 1.807) is 42.5 Å². The van der Waals surface area contributed by atoms with Crippen LogP contribution in [-0.4, -0.2) is 36.5 Å². The van der Waals surface area contributed by atoms with E-state index in [0.29, 0.717) is 41.6 Å². The van der Waals surface area contributed by atoms with Crippen LogP contribution in [0.15, 0.2) is 90.5 Å². The molecule has 1 heterocycles. The van der Waals surface area contributed by atoms with Crippen molar-refractivity contribution in [1.29, 1.82) is 0 Å². The normalized spacial score (nSPS) is 14.3. The number of hydrogen-bond acceptors (Lipinski definition) is 6. The number of urea groups is 1. The number of carbonyl (C=O) groups excluding carboxylic acids is 3. The molecular weight excluding hydrogens is 520 g/mol. The van der Waals surface area contributed by atoms with E-state index in [9.17, 15) is 14.4 Å². The highest BCUT2D eigenvalue weighted by Crippen LogP contribution is 2.29. The molecule has 1 fully saturated rings. The predicted octanol–water partition coefficient (Wildman–Crippen LogP) is 5.88. The van der Waals surface area contributed by atoms with Crippen LogP contribution in [0.2, 0.25) is 0 Å². The van der Waals surface area contributed by atoms with Crippen LogP contribution in [0.5, 0.6) is 17.2 Å². The van der Waals surface area contributed by atoms with Gasteiger partial charge < -0.3 is 14.2 Å². The Morgan fingerprint density at radius 1 is 0.854 bits per heavy atom. The molecule has 1 aliphatic rings. The van der Waals surface area contributed by atoms with Gasteiger partial charge in [-0.15, -0.1) is 0 Å². The quantitative estimate of drug-likeness (QED) is 0.196. The number of hydrogen-bond donors (Lipinski definition) is 1. The minimum atomic E-state index is -0.778. The molecule has 1 saturated heterocycles. The van der Waals surface area contributed by atoms with Crippen LogP contribution >= 0.6 is 0 Å². The second kappa shape index (κ2) is 12.4. The molecule has 0 bridgehead atoms. The number of nitrogens with one attached hydrogen (secondary N) is 1. The molecule has 5 rings (SSSR count). The smallest absolute Gasteiger partial charge is 0.331 e. The van der Waals surface area contributed by atoms with Crippen molar-refractivity contribution in [1.82, 2.24) is 10.2 Å². The molecule has 41 heavy (non-hydrogen) atoms. The summed E-state index contributed by atoms with van der Waals surface area (Å²) in [5.74, 6) is 0.300. The number of fused-ring (bicyclic) bond motifs is 1. The lowest BCUT2D eigenvalue weighted by Gasteiger charge is -2.26. The molecule has 4 aromatic carbocycles. The van der Waals surface area contributed by atoms with Crippen LogP contribution < -0.4 is 19.5 Å². The van der Waals surface area contributed by atoms with Gasteiger partial charge in [-0.25, -0.2) is 4.79 Å². The Labute approximate surface area is 238 Å².